The van der Waals surface area contributed by atoms with E-state index in [1.807, 2.05) is 34.0 Å². The van der Waals surface area contributed by atoms with Crippen molar-refractivity contribution in [3.8, 4) is 0 Å². The van der Waals surface area contributed by atoms with Gasteiger partial charge in [0.25, 0.3) is 0 Å². The summed E-state index contributed by atoms with van der Waals surface area (Å²) < 4.78 is 7.17. The number of carbonyl (C=O) groups excluding carboxylic acids is 2. The first-order valence-electron chi connectivity index (χ1n) is 8.51. The lowest BCUT2D eigenvalue weighted by Gasteiger charge is -2.35. The fraction of sp³-hybridized carbons (Fsp3) is 0.706. The Morgan fingerprint density at radius 3 is 2.75 bits per heavy atom. The normalized spacial score (nSPS) is 18.3. The zero-order chi connectivity index (χ0) is 17.7. The molecular formula is C17H28N4O3. The van der Waals surface area contributed by atoms with Crippen molar-refractivity contribution in [1.29, 1.82) is 0 Å². The number of nitrogens with one attached hydrogen (secondary N) is 1. The Bertz CT molecular complexity index is 577. The van der Waals surface area contributed by atoms with Gasteiger partial charge in [0.05, 0.1) is 6.20 Å². The van der Waals surface area contributed by atoms with Crippen molar-refractivity contribution in [2.75, 3.05) is 13.1 Å². The van der Waals surface area contributed by atoms with E-state index < -0.39 is 17.7 Å². The van der Waals surface area contributed by atoms with E-state index in [-0.39, 0.29) is 5.91 Å². The fourth-order valence-electron chi connectivity index (χ4n) is 2.79. The third kappa shape index (κ3) is 5.25. The fourth-order valence-corrected chi connectivity index (χ4v) is 2.79. The number of nitrogens with zero attached hydrogens (tertiary/aromatic N) is 3. The quantitative estimate of drug-likeness (QED) is 0.910. The van der Waals surface area contributed by atoms with Crippen LogP contribution in [0.25, 0.3) is 0 Å². The summed E-state index contributed by atoms with van der Waals surface area (Å²) in [6, 6.07) is -0.442. The van der Waals surface area contributed by atoms with Crippen LogP contribution in [0.5, 0.6) is 0 Å². The minimum atomic E-state index is -0.560. The van der Waals surface area contributed by atoms with Crippen LogP contribution in [0.15, 0.2) is 12.4 Å². The van der Waals surface area contributed by atoms with Crippen molar-refractivity contribution in [3.05, 3.63) is 18.0 Å². The van der Waals surface area contributed by atoms with Gasteiger partial charge in [-0.05, 0) is 52.0 Å². The van der Waals surface area contributed by atoms with Gasteiger partial charge in [0.15, 0.2) is 0 Å². The minimum absolute atomic E-state index is 0.107. The Morgan fingerprint density at radius 1 is 1.38 bits per heavy atom. The maximum Gasteiger partial charge on any atom is 0.410 e. The van der Waals surface area contributed by atoms with E-state index in [0.717, 1.165) is 24.8 Å². The van der Waals surface area contributed by atoms with Crippen LogP contribution >= 0.6 is 0 Å². The van der Waals surface area contributed by atoms with E-state index in [2.05, 4.69) is 10.4 Å². The first-order valence-corrected chi connectivity index (χ1v) is 8.51. The van der Waals surface area contributed by atoms with E-state index in [1.165, 1.54) is 0 Å². The molecule has 7 heteroatoms. The van der Waals surface area contributed by atoms with Crippen molar-refractivity contribution in [2.45, 2.75) is 58.1 Å². The Morgan fingerprint density at radius 2 is 2.12 bits per heavy atom. The highest BCUT2D eigenvalue weighted by Gasteiger charge is 2.34. The predicted molar refractivity (Wildman–Crippen MR) is 90.5 cm³/mol. The second kappa shape index (κ2) is 7.68. The summed E-state index contributed by atoms with van der Waals surface area (Å²) in [5, 5.41) is 7.04. The van der Waals surface area contributed by atoms with Gasteiger partial charge in [-0.3, -0.25) is 14.4 Å². The molecule has 0 spiro atoms. The van der Waals surface area contributed by atoms with Crippen LogP contribution in [0, 0.1) is 0 Å². The van der Waals surface area contributed by atoms with Crippen molar-refractivity contribution in [3.63, 3.8) is 0 Å². The zero-order valence-corrected chi connectivity index (χ0v) is 15.0. The minimum Gasteiger partial charge on any atom is -0.444 e. The SMILES string of the molecule is Cn1cc(CCNC(=O)[C@H]2CCCCN2C(=O)OC(C)(C)C)cn1. The average Bonchev–Trinajstić information content (AvgIpc) is 2.91. The number of carbonyl (C=O) groups is 2. The van der Waals surface area contributed by atoms with Crippen LogP contribution in [0.3, 0.4) is 0 Å². The summed E-state index contributed by atoms with van der Waals surface area (Å²) >= 11 is 0. The highest BCUT2D eigenvalue weighted by Crippen LogP contribution is 2.20. The smallest absolute Gasteiger partial charge is 0.410 e. The molecule has 0 radical (unpaired) electrons. The van der Waals surface area contributed by atoms with E-state index >= 15 is 0 Å². The molecule has 1 aliphatic heterocycles. The van der Waals surface area contributed by atoms with E-state index in [1.54, 1.807) is 15.8 Å². The van der Waals surface area contributed by atoms with Crippen LogP contribution in [-0.4, -0.2) is 51.4 Å². The molecule has 1 saturated heterocycles. The topological polar surface area (TPSA) is 76.5 Å². The van der Waals surface area contributed by atoms with Crippen LogP contribution in [-0.2, 0) is 23.0 Å². The highest BCUT2D eigenvalue weighted by atomic mass is 16.6. The maximum absolute atomic E-state index is 12.5. The highest BCUT2D eigenvalue weighted by molar-refractivity contribution is 5.85. The molecular weight excluding hydrogens is 308 g/mol. The predicted octanol–water partition coefficient (Wildman–Crippen LogP) is 1.87. The molecule has 0 saturated carbocycles. The van der Waals surface area contributed by atoms with Crippen molar-refractivity contribution >= 4 is 12.0 Å². The van der Waals surface area contributed by atoms with Crippen LogP contribution < -0.4 is 5.32 Å². The standard InChI is InChI=1S/C17H28N4O3/c1-17(2,3)24-16(23)21-10-6-5-7-14(21)15(22)18-9-8-13-11-19-20(4)12-13/h11-12,14H,5-10H2,1-4H3,(H,18,22)/t14-/m1/s1. The van der Waals surface area contributed by atoms with Crippen molar-refractivity contribution < 1.29 is 14.3 Å². The Kier molecular flexibility index (Phi) is 5.85. The maximum atomic E-state index is 12.5. The number of aryl methyl sites for hydroxylation is 1. The molecule has 0 bridgehead atoms. The molecule has 24 heavy (non-hydrogen) atoms. The average molecular weight is 336 g/mol. The van der Waals surface area contributed by atoms with Gasteiger partial charge in [-0.15, -0.1) is 0 Å². The molecule has 1 aromatic rings. The van der Waals surface area contributed by atoms with Gasteiger partial charge in [-0.1, -0.05) is 0 Å². The van der Waals surface area contributed by atoms with Crippen molar-refractivity contribution in [2.24, 2.45) is 7.05 Å². The van der Waals surface area contributed by atoms with Gasteiger partial charge >= 0.3 is 6.09 Å². The lowest BCUT2D eigenvalue weighted by molar-refractivity contribution is -0.127. The van der Waals surface area contributed by atoms with Gasteiger partial charge in [-0.2, -0.15) is 5.10 Å². The van der Waals surface area contributed by atoms with Crippen molar-refractivity contribution in [1.82, 2.24) is 20.0 Å². The molecule has 1 aliphatic rings. The summed E-state index contributed by atoms with van der Waals surface area (Å²) in [4.78, 5) is 26.4. The Hall–Kier alpha value is -2.05. The van der Waals surface area contributed by atoms with Gasteiger partial charge in [0, 0.05) is 26.3 Å². The number of rotatable bonds is 4. The number of hydrogen-bond donors (Lipinski definition) is 1. The number of amides is 2. The molecule has 2 heterocycles. The number of hydrogen-bond acceptors (Lipinski definition) is 4. The molecule has 1 fully saturated rings. The molecule has 0 unspecified atom stereocenters. The number of aromatic nitrogens is 2. The molecule has 0 aliphatic carbocycles. The monoisotopic (exact) mass is 336 g/mol. The van der Waals surface area contributed by atoms with E-state index in [0.29, 0.717) is 19.5 Å². The molecule has 1 aromatic heterocycles. The van der Waals surface area contributed by atoms with E-state index in [9.17, 15) is 9.59 Å². The van der Waals surface area contributed by atoms with Gasteiger partial charge in [0.1, 0.15) is 11.6 Å². The third-order valence-electron chi connectivity index (χ3n) is 3.90. The summed E-state index contributed by atoms with van der Waals surface area (Å²) in [7, 11) is 1.86. The van der Waals surface area contributed by atoms with E-state index in [4.69, 9.17) is 4.74 Å². The van der Waals surface area contributed by atoms with Crippen LogP contribution in [0.4, 0.5) is 4.79 Å². The molecule has 7 nitrogen and oxygen atoms in total. The molecule has 2 rings (SSSR count). The third-order valence-corrected chi connectivity index (χ3v) is 3.90. The molecule has 1 atom stereocenters. The van der Waals surface area contributed by atoms with Gasteiger partial charge in [-0.25, -0.2) is 4.79 Å². The second-order valence-electron chi connectivity index (χ2n) is 7.25. The van der Waals surface area contributed by atoms with Gasteiger partial charge in [0.2, 0.25) is 5.91 Å². The Labute approximate surface area is 143 Å². The largest absolute Gasteiger partial charge is 0.444 e. The van der Waals surface area contributed by atoms with Crippen LogP contribution in [0.2, 0.25) is 0 Å². The lowest BCUT2D eigenvalue weighted by atomic mass is 10.0. The summed E-state index contributed by atoms with van der Waals surface area (Å²) in [6.07, 6.45) is 6.56. The number of piperidine rings is 1. The van der Waals surface area contributed by atoms with Gasteiger partial charge < -0.3 is 10.1 Å². The molecule has 2 amide bonds. The first-order chi connectivity index (χ1) is 11.3. The zero-order valence-electron chi connectivity index (χ0n) is 15.0. The molecule has 1 N–H and O–H groups in total. The summed E-state index contributed by atoms with van der Waals surface area (Å²) in [5.41, 5.74) is 0.515. The lowest BCUT2D eigenvalue weighted by Crippen LogP contribution is -2.53. The van der Waals surface area contributed by atoms with Crippen LogP contribution in [0.1, 0.15) is 45.6 Å². The number of likely N-dealkylation sites (tertiary alicyclic amines) is 1. The molecule has 134 valence electrons. The first kappa shape index (κ1) is 18.3. The summed E-state index contributed by atoms with van der Waals surface area (Å²) in [5.74, 6) is -0.107. The molecule has 0 aromatic carbocycles. The second-order valence-corrected chi connectivity index (χ2v) is 7.25. The summed E-state index contributed by atoms with van der Waals surface area (Å²) in [6.45, 7) is 6.59. The Balaban J connectivity index is 1.88. The number of ether oxygens (including phenoxy) is 1.